The molecule has 0 aliphatic carbocycles. The number of carbonyl (C=O) groups excluding carboxylic acids is 2. The molecule has 0 saturated heterocycles. The molecule has 8 heteroatoms. The van der Waals surface area contributed by atoms with Crippen LogP contribution in [0.1, 0.15) is 51.8 Å². The molecule has 3 rings (SSSR count). The molecule has 2 aromatic rings. The van der Waals surface area contributed by atoms with Crippen LogP contribution >= 0.6 is 0 Å². The summed E-state index contributed by atoms with van der Waals surface area (Å²) in [6.45, 7) is 8.90. The Morgan fingerprint density at radius 3 is 2.31 bits per heavy atom. The third-order valence-electron chi connectivity index (χ3n) is 5.81. The van der Waals surface area contributed by atoms with Crippen LogP contribution in [0.3, 0.4) is 0 Å². The number of benzene rings is 2. The Bertz CT molecular complexity index is 1100. The minimum Gasteiger partial charge on any atom is -0.348 e. The van der Waals surface area contributed by atoms with Crippen LogP contribution in [0.25, 0.3) is 0 Å². The van der Waals surface area contributed by atoms with E-state index in [-0.39, 0.29) is 34.7 Å². The van der Waals surface area contributed by atoms with Gasteiger partial charge in [0.05, 0.1) is 10.9 Å². The van der Waals surface area contributed by atoms with Crippen molar-refractivity contribution in [2.45, 2.75) is 64.1 Å². The first kappa shape index (κ1) is 23.9. The van der Waals surface area contributed by atoms with Crippen LogP contribution in [-0.2, 0) is 26.0 Å². The molecule has 0 radical (unpaired) electrons. The lowest BCUT2D eigenvalue weighted by molar-refractivity contribution is -0.124. The summed E-state index contributed by atoms with van der Waals surface area (Å²) in [6.07, 6.45) is 0.584. The van der Waals surface area contributed by atoms with Crippen molar-refractivity contribution in [1.82, 2.24) is 10.0 Å². The molecule has 7 nitrogen and oxygen atoms in total. The summed E-state index contributed by atoms with van der Waals surface area (Å²) in [7, 11) is -3.94. The van der Waals surface area contributed by atoms with Gasteiger partial charge in [0.15, 0.2) is 0 Å². The van der Waals surface area contributed by atoms with E-state index in [9.17, 15) is 18.0 Å². The van der Waals surface area contributed by atoms with Gasteiger partial charge in [-0.1, -0.05) is 44.2 Å². The topological polar surface area (TPSA) is 95.6 Å². The molecule has 0 unspecified atom stereocenters. The zero-order valence-electron chi connectivity index (χ0n) is 19.1. The SMILES string of the molecule is CC(=O)N1c2ccc(S(=O)(=O)N[C@H](C(=O)N[C@@H](C)c3ccccc3)C(C)C)cc2C[C@@H]1C. The Hall–Kier alpha value is -2.71. The fourth-order valence-electron chi connectivity index (χ4n) is 4.11. The molecular formula is C24H31N3O4S. The lowest BCUT2D eigenvalue weighted by Gasteiger charge is -2.24. The van der Waals surface area contributed by atoms with Crippen molar-refractivity contribution < 1.29 is 18.0 Å². The average Bonchev–Trinajstić information content (AvgIpc) is 3.07. The van der Waals surface area contributed by atoms with Crippen molar-refractivity contribution in [2.24, 2.45) is 5.92 Å². The normalized spacial score (nSPS) is 17.7. The van der Waals surface area contributed by atoms with Gasteiger partial charge in [-0.15, -0.1) is 0 Å². The molecule has 0 aromatic heterocycles. The maximum absolute atomic E-state index is 13.1. The molecule has 1 aliphatic rings. The standard InChI is InChI=1S/C24H31N3O4S/c1-15(2)23(24(29)25-17(4)19-9-7-6-8-10-19)26-32(30,31)21-11-12-22-20(14-21)13-16(3)27(22)18(5)28/h6-12,14-17,23,26H,13H2,1-5H3,(H,25,29)/t16-,17-,23-/m0/s1. The summed E-state index contributed by atoms with van der Waals surface area (Å²) >= 11 is 0. The monoisotopic (exact) mass is 457 g/mol. The maximum Gasteiger partial charge on any atom is 0.241 e. The first-order valence-electron chi connectivity index (χ1n) is 10.8. The van der Waals surface area contributed by atoms with Crippen LogP contribution in [-0.4, -0.2) is 32.3 Å². The van der Waals surface area contributed by atoms with Gasteiger partial charge in [-0.05, 0) is 55.5 Å². The van der Waals surface area contributed by atoms with Crippen molar-refractivity contribution in [3.63, 3.8) is 0 Å². The van der Waals surface area contributed by atoms with E-state index in [0.717, 1.165) is 16.8 Å². The van der Waals surface area contributed by atoms with Crippen LogP contribution in [0, 0.1) is 5.92 Å². The first-order chi connectivity index (χ1) is 15.0. The Labute approximate surface area is 190 Å². The molecule has 0 bridgehead atoms. The van der Waals surface area contributed by atoms with Gasteiger partial charge < -0.3 is 10.2 Å². The fraction of sp³-hybridized carbons (Fsp3) is 0.417. The highest BCUT2D eigenvalue weighted by molar-refractivity contribution is 7.89. The molecule has 172 valence electrons. The molecule has 1 aliphatic heterocycles. The van der Waals surface area contributed by atoms with Crippen LogP contribution in [0.2, 0.25) is 0 Å². The molecule has 1 heterocycles. The summed E-state index contributed by atoms with van der Waals surface area (Å²) in [5.74, 6) is -0.707. The number of rotatable bonds is 7. The number of hydrogen-bond acceptors (Lipinski definition) is 4. The minimum absolute atomic E-state index is 0.0259. The Morgan fingerprint density at radius 2 is 1.72 bits per heavy atom. The zero-order valence-corrected chi connectivity index (χ0v) is 19.9. The summed E-state index contributed by atoms with van der Waals surface area (Å²) < 4.78 is 28.8. The van der Waals surface area contributed by atoms with E-state index in [1.165, 1.54) is 13.0 Å². The lowest BCUT2D eigenvalue weighted by Crippen LogP contribution is -2.50. The largest absolute Gasteiger partial charge is 0.348 e. The van der Waals surface area contributed by atoms with Crippen molar-refractivity contribution in [3.8, 4) is 0 Å². The van der Waals surface area contributed by atoms with Crippen LogP contribution in [0.4, 0.5) is 5.69 Å². The van der Waals surface area contributed by atoms with Crippen molar-refractivity contribution in [2.75, 3.05) is 4.90 Å². The summed E-state index contributed by atoms with van der Waals surface area (Å²) in [5.41, 5.74) is 2.48. The van der Waals surface area contributed by atoms with E-state index < -0.39 is 16.1 Å². The van der Waals surface area contributed by atoms with E-state index in [1.54, 1.807) is 30.9 Å². The highest BCUT2D eigenvalue weighted by Crippen LogP contribution is 2.34. The number of sulfonamides is 1. The minimum atomic E-state index is -3.94. The number of carbonyl (C=O) groups is 2. The number of nitrogens with zero attached hydrogens (tertiary/aromatic N) is 1. The van der Waals surface area contributed by atoms with Crippen molar-refractivity contribution in [1.29, 1.82) is 0 Å². The molecule has 0 saturated carbocycles. The summed E-state index contributed by atoms with van der Waals surface area (Å²) in [5, 5.41) is 2.91. The molecule has 2 N–H and O–H groups in total. The van der Waals surface area contributed by atoms with E-state index in [2.05, 4.69) is 10.0 Å². The van der Waals surface area contributed by atoms with Crippen LogP contribution < -0.4 is 14.9 Å². The van der Waals surface area contributed by atoms with E-state index in [1.807, 2.05) is 44.2 Å². The second-order valence-electron chi connectivity index (χ2n) is 8.72. The third kappa shape index (κ3) is 5.02. The highest BCUT2D eigenvalue weighted by atomic mass is 32.2. The number of amides is 2. The van der Waals surface area contributed by atoms with E-state index >= 15 is 0 Å². The van der Waals surface area contributed by atoms with Gasteiger partial charge in [-0.25, -0.2) is 8.42 Å². The summed E-state index contributed by atoms with van der Waals surface area (Å²) in [4.78, 5) is 26.6. The fourth-order valence-corrected chi connectivity index (χ4v) is 5.50. The Balaban J connectivity index is 1.80. The van der Waals surface area contributed by atoms with Crippen LogP contribution in [0.5, 0.6) is 0 Å². The van der Waals surface area contributed by atoms with Crippen LogP contribution in [0.15, 0.2) is 53.4 Å². The van der Waals surface area contributed by atoms with Gasteiger partial charge in [-0.3, -0.25) is 9.59 Å². The number of fused-ring (bicyclic) bond motifs is 1. The molecular weight excluding hydrogens is 426 g/mol. The van der Waals surface area contributed by atoms with E-state index in [0.29, 0.717) is 6.42 Å². The first-order valence-corrected chi connectivity index (χ1v) is 12.3. The smallest absolute Gasteiger partial charge is 0.241 e. The third-order valence-corrected chi connectivity index (χ3v) is 7.24. The molecule has 0 spiro atoms. The Kier molecular flexibility index (Phi) is 7.05. The maximum atomic E-state index is 13.1. The Morgan fingerprint density at radius 1 is 1.06 bits per heavy atom. The van der Waals surface area contributed by atoms with Crippen molar-refractivity contribution in [3.05, 3.63) is 59.7 Å². The number of hydrogen-bond donors (Lipinski definition) is 2. The quantitative estimate of drug-likeness (QED) is 0.668. The summed E-state index contributed by atoms with van der Waals surface area (Å²) in [6, 6.07) is 13.0. The second-order valence-corrected chi connectivity index (χ2v) is 10.4. The molecule has 32 heavy (non-hydrogen) atoms. The zero-order chi connectivity index (χ0) is 23.6. The number of anilines is 1. The van der Waals surface area contributed by atoms with Crippen molar-refractivity contribution >= 4 is 27.5 Å². The second kappa shape index (κ2) is 9.42. The average molecular weight is 458 g/mol. The number of nitrogens with one attached hydrogen (secondary N) is 2. The predicted molar refractivity (Wildman–Crippen MR) is 125 cm³/mol. The van der Waals surface area contributed by atoms with Gasteiger partial charge in [0.25, 0.3) is 0 Å². The van der Waals surface area contributed by atoms with Gasteiger partial charge in [0, 0.05) is 18.7 Å². The van der Waals surface area contributed by atoms with E-state index in [4.69, 9.17) is 0 Å². The molecule has 2 amide bonds. The lowest BCUT2D eigenvalue weighted by atomic mass is 10.0. The molecule has 3 atom stereocenters. The molecule has 0 fully saturated rings. The van der Waals surface area contributed by atoms with Gasteiger partial charge in [0.1, 0.15) is 6.04 Å². The van der Waals surface area contributed by atoms with Gasteiger partial charge in [0.2, 0.25) is 21.8 Å². The highest BCUT2D eigenvalue weighted by Gasteiger charge is 2.32. The molecule has 2 aromatic carbocycles. The van der Waals surface area contributed by atoms with Gasteiger partial charge in [-0.2, -0.15) is 4.72 Å². The van der Waals surface area contributed by atoms with Gasteiger partial charge >= 0.3 is 0 Å². The predicted octanol–water partition coefficient (Wildman–Crippen LogP) is 3.16.